The minimum atomic E-state index is -0.381. The summed E-state index contributed by atoms with van der Waals surface area (Å²) in [5, 5.41) is 4.98. The number of rotatable bonds is 4. The van der Waals surface area contributed by atoms with Crippen molar-refractivity contribution < 1.29 is 9.53 Å². The van der Waals surface area contributed by atoms with Gasteiger partial charge in [-0.1, -0.05) is 24.3 Å². The van der Waals surface area contributed by atoms with Gasteiger partial charge >= 0.3 is 5.97 Å². The van der Waals surface area contributed by atoms with E-state index < -0.39 is 0 Å². The van der Waals surface area contributed by atoms with Gasteiger partial charge in [0.25, 0.3) is 0 Å². The van der Waals surface area contributed by atoms with Crippen LogP contribution < -0.4 is 5.73 Å². The number of benzene rings is 1. The van der Waals surface area contributed by atoms with Crippen LogP contribution in [-0.2, 0) is 22.7 Å². The lowest BCUT2D eigenvalue weighted by Gasteiger charge is -2.05. The zero-order chi connectivity index (χ0) is 14.7. The van der Waals surface area contributed by atoms with Crippen LogP contribution in [0.1, 0.15) is 5.69 Å². The molecule has 0 bridgehead atoms. The standard InChI is InChI=1S/C15H14N4O2/c16-12-7-17-19(8-12)9-15(20)21-10-13-6-5-11-3-1-2-4-14(11)18-13/h1-8H,9-10,16H2. The number of ether oxygens (including phenoxy) is 1. The number of nitrogens with two attached hydrogens (primary N) is 1. The first kappa shape index (κ1) is 13.1. The highest BCUT2D eigenvalue weighted by Crippen LogP contribution is 2.12. The van der Waals surface area contributed by atoms with E-state index in [4.69, 9.17) is 10.5 Å². The maximum atomic E-state index is 11.7. The zero-order valence-electron chi connectivity index (χ0n) is 11.3. The average molecular weight is 282 g/mol. The molecular formula is C15H14N4O2. The maximum Gasteiger partial charge on any atom is 0.328 e. The predicted molar refractivity (Wildman–Crippen MR) is 78.2 cm³/mol. The number of hydrogen-bond acceptors (Lipinski definition) is 5. The van der Waals surface area contributed by atoms with Crippen LogP contribution in [0.3, 0.4) is 0 Å². The molecule has 0 amide bonds. The number of pyridine rings is 1. The molecule has 106 valence electrons. The Labute approximate surface area is 121 Å². The number of esters is 1. The summed E-state index contributed by atoms with van der Waals surface area (Å²) in [6.45, 7) is 0.172. The molecule has 2 aromatic heterocycles. The van der Waals surface area contributed by atoms with Gasteiger partial charge < -0.3 is 10.5 Å². The van der Waals surface area contributed by atoms with Gasteiger partial charge in [-0.05, 0) is 12.1 Å². The van der Waals surface area contributed by atoms with E-state index in [0.29, 0.717) is 11.4 Å². The van der Waals surface area contributed by atoms with Crippen LogP contribution in [0, 0.1) is 0 Å². The molecule has 0 saturated carbocycles. The van der Waals surface area contributed by atoms with Crippen LogP contribution in [0.15, 0.2) is 48.8 Å². The van der Waals surface area contributed by atoms with E-state index in [9.17, 15) is 4.79 Å². The predicted octanol–water partition coefficient (Wildman–Crippen LogP) is 1.76. The molecule has 3 rings (SSSR count). The number of aromatic nitrogens is 3. The first-order valence-electron chi connectivity index (χ1n) is 6.49. The monoisotopic (exact) mass is 282 g/mol. The molecule has 0 atom stereocenters. The first-order valence-corrected chi connectivity index (χ1v) is 6.49. The lowest BCUT2D eigenvalue weighted by Crippen LogP contribution is -2.14. The largest absolute Gasteiger partial charge is 0.458 e. The number of carbonyl (C=O) groups excluding carboxylic acids is 1. The van der Waals surface area contributed by atoms with Crippen molar-refractivity contribution in [2.45, 2.75) is 13.2 Å². The van der Waals surface area contributed by atoms with Crippen LogP contribution >= 0.6 is 0 Å². The number of carbonyl (C=O) groups is 1. The summed E-state index contributed by atoms with van der Waals surface area (Å²) in [4.78, 5) is 16.1. The van der Waals surface area contributed by atoms with E-state index >= 15 is 0 Å². The Kier molecular flexibility index (Phi) is 3.51. The van der Waals surface area contributed by atoms with Crippen molar-refractivity contribution in [3.8, 4) is 0 Å². The normalized spacial score (nSPS) is 10.7. The SMILES string of the molecule is Nc1cnn(CC(=O)OCc2ccc3ccccc3n2)c1. The number of fused-ring (bicyclic) bond motifs is 1. The van der Waals surface area contributed by atoms with Crippen LogP contribution in [0.5, 0.6) is 0 Å². The maximum absolute atomic E-state index is 11.7. The van der Waals surface area contributed by atoms with Crippen molar-refractivity contribution in [3.63, 3.8) is 0 Å². The smallest absolute Gasteiger partial charge is 0.328 e. The van der Waals surface area contributed by atoms with Gasteiger partial charge in [0.05, 0.1) is 23.1 Å². The molecule has 0 radical (unpaired) electrons. The number of hydrogen-bond donors (Lipinski definition) is 1. The number of anilines is 1. The molecule has 3 aromatic rings. The molecule has 0 spiro atoms. The minimum absolute atomic E-state index is 0.0325. The quantitative estimate of drug-likeness (QED) is 0.737. The summed E-state index contributed by atoms with van der Waals surface area (Å²) in [6, 6.07) is 11.6. The minimum Gasteiger partial charge on any atom is -0.458 e. The highest BCUT2D eigenvalue weighted by Gasteiger charge is 2.07. The Morgan fingerprint density at radius 2 is 2.10 bits per heavy atom. The Bertz CT molecular complexity index is 782. The second kappa shape index (κ2) is 5.62. The fourth-order valence-electron chi connectivity index (χ4n) is 1.99. The molecule has 0 aliphatic heterocycles. The van der Waals surface area contributed by atoms with Crippen molar-refractivity contribution in [2.75, 3.05) is 5.73 Å². The van der Waals surface area contributed by atoms with Gasteiger partial charge in [-0.15, -0.1) is 0 Å². The fourth-order valence-corrected chi connectivity index (χ4v) is 1.99. The first-order chi connectivity index (χ1) is 10.2. The van der Waals surface area contributed by atoms with Gasteiger partial charge in [-0.3, -0.25) is 9.48 Å². The third-order valence-corrected chi connectivity index (χ3v) is 2.98. The number of nitrogen functional groups attached to an aromatic ring is 1. The lowest BCUT2D eigenvalue weighted by molar-refractivity contribution is -0.146. The summed E-state index contributed by atoms with van der Waals surface area (Å²) in [5.74, 6) is -0.381. The van der Waals surface area contributed by atoms with Gasteiger partial charge in [-0.25, -0.2) is 4.98 Å². The molecule has 6 heteroatoms. The Morgan fingerprint density at radius 3 is 2.90 bits per heavy atom. The summed E-state index contributed by atoms with van der Waals surface area (Å²) in [5.41, 5.74) is 7.63. The van der Waals surface area contributed by atoms with Crippen molar-refractivity contribution in [1.82, 2.24) is 14.8 Å². The summed E-state index contributed by atoms with van der Waals surface area (Å²) in [6.07, 6.45) is 3.06. The highest BCUT2D eigenvalue weighted by molar-refractivity contribution is 5.78. The van der Waals surface area contributed by atoms with E-state index in [0.717, 1.165) is 10.9 Å². The van der Waals surface area contributed by atoms with E-state index in [-0.39, 0.29) is 19.1 Å². The second-order valence-corrected chi connectivity index (χ2v) is 4.63. The summed E-state index contributed by atoms with van der Waals surface area (Å²) in [7, 11) is 0. The molecule has 2 heterocycles. The van der Waals surface area contributed by atoms with Crippen LogP contribution in [0.4, 0.5) is 5.69 Å². The second-order valence-electron chi connectivity index (χ2n) is 4.63. The van der Waals surface area contributed by atoms with Crippen LogP contribution in [-0.4, -0.2) is 20.7 Å². The molecule has 0 unspecified atom stereocenters. The fraction of sp³-hybridized carbons (Fsp3) is 0.133. The molecule has 0 fully saturated rings. The zero-order valence-corrected chi connectivity index (χ0v) is 11.3. The summed E-state index contributed by atoms with van der Waals surface area (Å²) < 4.78 is 6.62. The third kappa shape index (κ3) is 3.17. The Balaban J connectivity index is 1.61. The van der Waals surface area contributed by atoms with Gasteiger partial charge in [-0.2, -0.15) is 5.10 Å². The molecule has 0 saturated heterocycles. The number of para-hydroxylation sites is 1. The topological polar surface area (TPSA) is 83.0 Å². The van der Waals surface area contributed by atoms with Crippen LogP contribution in [0.2, 0.25) is 0 Å². The van der Waals surface area contributed by atoms with Gasteiger partial charge in [0.15, 0.2) is 0 Å². The van der Waals surface area contributed by atoms with Gasteiger partial charge in [0, 0.05) is 11.6 Å². The van der Waals surface area contributed by atoms with Gasteiger partial charge in [0.1, 0.15) is 13.2 Å². The van der Waals surface area contributed by atoms with Crippen molar-refractivity contribution in [3.05, 3.63) is 54.5 Å². The molecule has 0 aliphatic rings. The van der Waals surface area contributed by atoms with E-state index in [1.165, 1.54) is 10.9 Å². The van der Waals surface area contributed by atoms with Crippen molar-refractivity contribution >= 4 is 22.6 Å². The van der Waals surface area contributed by atoms with E-state index in [1.54, 1.807) is 6.20 Å². The highest BCUT2D eigenvalue weighted by atomic mass is 16.5. The van der Waals surface area contributed by atoms with Crippen molar-refractivity contribution in [2.24, 2.45) is 0 Å². The van der Waals surface area contributed by atoms with Crippen molar-refractivity contribution in [1.29, 1.82) is 0 Å². The Hall–Kier alpha value is -2.89. The average Bonchev–Trinajstić information content (AvgIpc) is 2.90. The Morgan fingerprint density at radius 1 is 1.24 bits per heavy atom. The lowest BCUT2D eigenvalue weighted by atomic mass is 10.2. The molecule has 1 aromatic carbocycles. The van der Waals surface area contributed by atoms with E-state index in [1.807, 2.05) is 36.4 Å². The molecular weight excluding hydrogens is 268 g/mol. The van der Waals surface area contributed by atoms with Crippen LogP contribution in [0.25, 0.3) is 10.9 Å². The molecule has 2 N–H and O–H groups in total. The van der Waals surface area contributed by atoms with E-state index in [2.05, 4.69) is 10.1 Å². The number of nitrogens with zero attached hydrogens (tertiary/aromatic N) is 3. The molecule has 6 nitrogen and oxygen atoms in total. The van der Waals surface area contributed by atoms with Gasteiger partial charge in [0.2, 0.25) is 0 Å². The molecule has 21 heavy (non-hydrogen) atoms. The third-order valence-electron chi connectivity index (χ3n) is 2.98. The summed E-state index contributed by atoms with van der Waals surface area (Å²) >= 11 is 0. The molecule has 0 aliphatic carbocycles.